The van der Waals surface area contributed by atoms with Crippen LogP contribution in [0, 0.1) is 0 Å². The Morgan fingerprint density at radius 2 is 1.56 bits per heavy atom. The summed E-state index contributed by atoms with van der Waals surface area (Å²) in [5, 5.41) is 6.87. The first kappa shape index (κ1) is 31.1. The van der Waals surface area contributed by atoms with E-state index < -0.39 is 29.5 Å². The molecule has 0 saturated carbocycles. The first-order chi connectivity index (χ1) is 20.4. The van der Waals surface area contributed by atoms with Crippen LogP contribution in [0.25, 0.3) is 0 Å². The van der Waals surface area contributed by atoms with Gasteiger partial charge in [0, 0.05) is 21.8 Å². The molecule has 0 spiro atoms. The van der Waals surface area contributed by atoms with Crippen molar-refractivity contribution in [1.29, 1.82) is 0 Å². The van der Waals surface area contributed by atoms with Crippen LogP contribution in [-0.4, -0.2) is 31.1 Å². The maximum absolute atomic E-state index is 13.0. The molecule has 2 amide bonds. The van der Waals surface area contributed by atoms with Crippen LogP contribution in [0.5, 0.6) is 11.5 Å². The van der Waals surface area contributed by atoms with E-state index in [4.69, 9.17) is 32.7 Å². The van der Waals surface area contributed by atoms with E-state index in [-0.39, 0.29) is 38.9 Å². The highest BCUT2D eigenvalue weighted by Crippen LogP contribution is 2.31. The number of anilines is 1. The molecule has 0 bridgehead atoms. The summed E-state index contributed by atoms with van der Waals surface area (Å²) < 4.78 is 49.6. The third-order valence-electron chi connectivity index (χ3n) is 5.76. The lowest BCUT2D eigenvalue weighted by molar-refractivity contribution is -0.137. The number of carbonyl (C=O) groups excluding carboxylic acids is 3. The molecule has 0 aliphatic heterocycles. The number of rotatable bonds is 8. The van der Waals surface area contributed by atoms with Gasteiger partial charge in [0.2, 0.25) is 0 Å². The number of benzene rings is 4. The van der Waals surface area contributed by atoms with Crippen molar-refractivity contribution in [3.8, 4) is 11.5 Å². The van der Waals surface area contributed by atoms with Gasteiger partial charge in [0.1, 0.15) is 0 Å². The van der Waals surface area contributed by atoms with E-state index in [1.54, 1.807) is 6.07 Å². The van der Waals surface area contributed by atoms with Crippen LogP contribution in [0.15, 0.2) is 90.0 Å². The molecule has 0 aromatic heterocycles. The topological polar surface area (TPSA) is 106 Å². The molecule has 43 heavy (non-hydrogen) atoms. The first-order valence-corrected chi connectivity index (χ1v) is 13.0. The number of hydrazone groups is 1. The predicted octanol–water partition coefficient (Wildman–Crippen LogP) is 7.26. The van der Waals surface area contributed by atoms with Crippen LogP contribution in [0.3, 0.4) is 0 Å². The summed E-state index contributed by atoms with van der Waals surface area (Å²) in [6.45, 7) is 0. The van der Waals surface area contributed by atoms with Crippen LogP contribution < -0.4 is 20.2 Å². The zero-order valence-electron chi connectivity index (χ0n) is 22.0. The van der Waals surface area contributed by atoms with Crippen molar-refractivity contribution in [3.05, 3.63) is 123 Å². The van der Waals surface area contributed by atoms with Gasteiger partial charge in [-0.2, -0.15) is 18.3 Å². The minimum atomic E-state index is -4.60. The molecule has 0 saturated heterocycles. The lowest BCUT2D eigenvalue weighted by atomic mass is 10.1. The lowest BCUT2D eigenvalue weighted by Crippen LogP contribution is -2.18. The Hall–Kier alpha value is -4.87. The second-order valence-electron chi connectivity index (χ2n) is 8.74. The molecular weight excluding hydrogens is 610 g/mol. The van der Waals surface area contributed by atoms with Crippen LogP contribution in [0.4, 0.5) is 18.9 Å². The normalized spacial score (nSPS) is 11.2. The predicted molar refractivity (Wildman–Crippen MR) is 155 cm³/mol. The van der Waals surface area contributed by atoms with Gasteiger partial charge in [-0.15, -0.1) is 0 Å². The van der Waals surface area contributed by atoms with Gasteiger partial charge < -0.3 is 14.8 Å². The summed E-state index contributed by atoms with van der Waals surface area (Å²) in [7, 11) is 1.38. The maximum atomic E-state index is 13.0. The third kappa shape index (κ3) is 8.12. The van der Waals surface area contributed by atoms with Gasteiger partial charge in [0.15, 0.2) is 11.5 Å². The monoisotopic (exact) mass is 629 g/mol. The standard InChI is InChI=1S/C30H20Cl2F3N3O5/c1-42-26-12-17(8-11-25(26)43-29(41)23-10-9-21(31)15-24(23)32)16-36-38-28(40)19-5-3-7-22(14-19)37-27(39)18-4-2-6-20(13-18)30(33,34)35/h2-16H,1H3,(H,37,39)(H,38,40). The van der Waals surface area contributed by atoms with E-state index in [1.807, 2.05) is 0 Å². The Labute approximate surface area is 253 Å². The van der Waals surface area contributed by atoms with Gasteiger partial charge in [0.25, 0.3) is 11.8 Å². The quantitative estimate of drug-likeness (QED) is 0.0923. The Morgan fingerprint density at radius 3 is 2.26 bits per heavy atom. The smallest absolute Gasteiger partial charge is 0.416 e. The summed E-state index contributed by atoms with van der Waals surface area (Å²) in [5.74, 6) is -1.80. The lowest BCUT2D eigenvalue weighted by Gasteiger charge is -2.11. The number of hydrogen-bond donors (Lipinski definition) is 2. The van der Waals surface area contributed by atoms with Gasteiger partial charge in [-0.25, -0.2) is 10.2 Å². The minimum Gasteiger partial charge on any atom is -0.493 e. The molecular formula is C30H20Cl2F3N3O5. The fourth-order valence-electron chi connectivity index (χ4n) is 3.67. The average Bonchev–Trinajstić information content (AvgIpc) is 2.97. The van der Waals surface area contributed by atoms with Crippen LogP contribution >= 0.6 is 23.2 Å². The minimum absolute atomic E-state index is 0.112. The third-order valence-corrected chi connectivity index (χ3v) is 6.30. The first-order valence-electron chi connectivity index (χ1n) is 12.2. The molecule has 0 unspecified atom stereocenters. The number of alkyl halides is 3. The van der Waals surface area contributed by atoms with E-state index in [2.05, 4.69) is 15.8 Å². The van der Waals surface area contributed by atoms with Crippen molar-refractivity contribution in [2.24, 2.45) is 5.10 Å². The molecule has 0 aliphatic carbocycles. The number of hydrogen-bond acceptors (Lipinski definition) is 6. The molecule has 0 atom stereocenters. The number of carbonyl (C=O) groups is 3. The summed E-state index contributed by atoms with van der Waals surface area (Å²) in [6, 6.07) is 18.7. The van der Waals surface area contributed by atoms with E-state index in [0.717, 1.165) is 18.2 Å². The van der Waals surface area contributed by atoms with E-state index in [9.17, 15) is 27.6 Å². The van der Waals surface area contributed by atoms with Gasteiger partial charge >= 0.3 is 12.1 Å². The fraction of sp³-hybridized carbons (Fsp3) is 0.0667. The molecule has 4 rings (SSSR count). The number of nitrogens with zero attached hydrogens (tertiary/aromatic N) is 1. The van der Waals surface area contributed by atoms with E-state index in [0.29, 0.717) is 10.6 Å². The zero-order valence-corrected chi connectivity index (χ0v) is 23.6. The molecule has 13 heteroatoms. The fourth-order valence-corrected chi connectivity index (χ4v) is 4.15. The highest BCUT2D eigenvalue weighted by molar-refractivity contribution is 6.36. The highest BCUT2D eigenvalue weighted by Gasteiger charge is 2.31. The van der Waals surface area contributed by atoms with Crippen molar-refractivity contribution >= 4 is 52.9 Å². The van der Waals surface area contributed by atoms with Gasteiger partial charge in [-0.3, -0.25) is 9.59 Å². The molecule has 0 heterocycles. The molecule has 4 aromatic carbocycles. The molecule has 4 aromatic rings. The molecule has 0 radical (unpaired) electrons. The number of amides is 2. The molecule has 220 valence electrons. The number of halogens is 5. The average molecular weight is 630 g/mol. The van der Waals surface area contributed by atoms with Crippen molar-refractivity contribution in [2.75, 3.05) is 12.4 Å². The number of esters is 1. The number of methoxy groups -OCH3 is 1. The molecule has 0 fully saturated rings. The van der Waals surface area contributed by atoms with E-state index in [1.165, 1.54) is 74.0 Å². The Bertz CT molecular complexity index is 1730. The molecule has 0 aliphatic rings. The van der Waals surface area contributed by atoms with E-state index >= 15 is 0 Å². The number of ether oxygens (including phenoxy) is 2. The zero-order chi connectivity index (χ0) is 31.1. The Balaban J connectivity index is 1.39. The van der Waals surface area contributed by atoms with Crippen LogP contribution in [0.1, 0.15) is 42.2 Å². The highest BCUT2D eigenvalue weighted by atomic mass is 35.5. The second-order valence-corrected chi connectivity index (χ2v) is 9.58. The summed E-state index contributed by atoms with van der Waals surface area (Å²) in [6.07, 6.45) is -3.27. The maximum Gasteiger partial charge on any atom is 0.416 e. The van der Waals surface area contributed by atoms with Crippen molar-refractivity contribution < 1.29 is 37.0 Å². The van der Waals surface area contributed by atoms with Crippen LogP contribution in [0.2, 0.25) is 10.0 Å². The Morgan fingerprint density at radius 1 is 0.837 bits per heavy atom. The van der Waals surface area contributed by atoms with Gasteiger partial charge in [0.05, 0.1) is 29.5 Å². The largest absolute Gasteiger partial charge is 0.493 e. The SMILES string of the molecule is COc1cc(C=NNC(=O)c2cccc(NC(=O)c3cccc(C(F)(F)F)c3)c2)ccc1OC(=O)c1ccc(Cl)cc1Cl. The molecule has 8 nitrogen and oxygen atoms in total. The summed E-state index contributed by atoms with van der Waals surface area (Å²) >= 11 is 11.9. The van der Waals surface area contributed by atoms with Crippen LogP contribution in [-0.2, 0) is 6.18 Å². The summed E-state index contributed by atoms with van der Waals surface area (Å²) in [5.41, 5.74) is 2.10. The van der Waals surface area contributed by atoms with Gasteiger partial charge in [-0.1, -0.05) is 35.3 Å². The Kier molecular flexibility index (Phi) is 9.69. The molecule has 2 N–H and O–H groups in total. The van der Waals surface area contributed by atoms with Gasteiger partial charge in [-0.05, 0) is 78.4 Å². The van der Waals surface area contributed by atoms with Crippen molar-refractivity contribution in [2.45, 2.75) is 6.18 Å². The summed E-state index contributed by atoms with van der Waals surface area (Å²) in [4.78, 5) is 37.6. The second kappa shape index (κ2) is 13.4. The number of nitrogens with one attached hydrogen (secondary N) is 2. The van der Waals surface area contributed by atoms with Crippen molar-refractivity contribution in [3.63, 3.8) is 0 Å². The van der Waals surface area contributed by atoms with Crippen molar-refractivity contribution in [1.82, 2.24) is 5.43 Å².